The van der Waals surface area contributed by atoms with Crippen LogP contribution in [0.1, 0.15) is 65.1 Å². The van der Waals surface area contributed by atoms with Gasteiger partial charge in [0.1, 0.15) is 11.6 Å². The van der Waals surface area contributed by atoms with Gasteiger partial charge in [0.2, 0.25) is 0 Å². The van der Waals surface area contributed by atoms with Gasteiger partial charge in [-0.1, -0.05) is 25.0 Å². The first-order chi connectivity index (χ1) is 12.3. The summed E-state index contributed by atoms with van der Waals surface area (Å²) in [4.78, 5) is 7.89. The minimum Gasteiger partial charge on any atom is -0.399 e. The van der Waals surface area contributed by atoms with E-state index in [-0.39, 0.29) is 5.82 Å². The molecule has 4 nitrogen and oxygen atoms in total. The van der Waals surface area contributed by atoms with Gasteiger partial charge in [-0.3, -0.25) is 0 Å². The highest BCUT2D eigenvalue weighted by Crippen LogP contribution is 2.37. The average Bonchev–Trinajstić information content (AvgIpc) is 3.27. The number of H-pyrrole nitrogens is 1. The third-order valence-corrected chi connectivity index (χ3v) is 6.16. The van der Waals surface area contributed by atoms with Gasteiger partial charge >= 0.3 is 7.12 Å². The molecule has 2 heterocycles. The molecule has 2 aliphatic rings. The Hall–Kier alpha value is -1.66. The van der Waals surface area contributed by atoms with Crippen molar-refractivity contribution in [3.05, 3.63) is 36.0 Å². The lowest BCUT2D eigenvalue weighted by Gasteiger charge is -2.32. The molecule has 0 radical (unpaired) electrons. The Morgan fingerprint density at radius 3 is 2.38 bits per heavy atom. The molecule has 1 aliphatic heterocycles. The van der Waals surface area contributed by atoms with Gasteiger partial charge in [-0.2, -0.15) is 0 Å². The Labute approximate surface area is 154 Å². The highest BCUT2D eigenvalue weighted by atomic mass is 19.1. The Kier molecular flexibility index (Phi) is 4.23. The van der Waals surface area contributed by atoms with E-state index in [1.165, 1.54) is 31.7 Å². The number of nitrogens with one attached hydrogen (secondary N) is 1. The number of nitrogens with zero attached hydrogens (tertiary/aromatic N) is 1. The molecule has 0 amide bonds. The molecule has 0 spiro atoms. The van der Waals surface area contributed by atoms with Gasteiger partial charge in [-0.25, -0.2) is 9.37 Å². The lowest BCUT2D eigenvalue weighted by molar-refractivity contribution is 0.00578. The van der Waals surface area contributed by atoms with E-state index in [0.717, 1.165) is 17.1 Å². The van der Waals surface area contributed by atoms with Crippen molar-refractivity contribution in [2.24, 2.45) is 0 Å². The van der Waals surface area contributed by atoms with E-state index >= 15 is 0 Å². The summed E-state index contributed by atoms with van der Waals surface area (Å²) in [5, 5.41) is 0. The number of rotatable bonds is 3. The van der Waals surface area contributed by atoms with Crippen molar-refractivity contribution >= 4 is 12.6 Å². The average molecular weight is 356 g/mol. The molecule has 1 N–H and O–H groups in total. The molecular formula is C20H26BFN2O2. The van der Waals surface area contributed by atoms with E-state index in [2.05, 4.69) is 9.97 Å². The number of aromatic amines is 1. The van der Waals surface area contributed by atoms with Crippen molar-refractivity contribution in [1.29, 1.82) is 0 Å². The highest BCUT2D eigenvalue weighted by Gasteiger charge is 2.52. The first kappa shape index (κ1) is 17.7. The maximum atomic E-state index is 14.8. The van der Waals surface area contributed by atoms with Crippen LogP contribution in [-0.4, -0.2) is 28.3 Å². The van der Waals surface area contributed by atoms with Gasteiger partial charge in [0.25, 0.3) is 0 Å². The van der Waals surface area contributed by atoms with Crippen LogP contribution in [0.4, 0.5) is 4.39 Å². The van der Waals surface area contributed by atoms with E-state index in [1.807, 2.05) is 33.8 Å². The van der Waals surface area contributed by atoms with Crippen molar-refractivity contribution in [3.63, 3.8) is 0 Å². The molecule has 26 heavy (non-hydrogen) atoms. The Bertz CT molecular complexity index is 796. The number of aromatic nitrogens is 2. The van der Waals surface area contributed by atoms with Gasteiger partial charge in [-0.05, 0) is 46.6 Å². The number of imidazole rings is 1. The Morgan fingerprint density at radius 2 is 1.77 bits per heavy atom. The molecule has 6 heteroatoms. The maximum absolute atomic E-state index is 14.8. The van der Waals surface area contributed by atoms with Gasteiger partial charge in [-0.15, -0.1) is 0 Å². The van der Waals surface area contributed by atoms with Crippen molar-refractivity contribution < 1.29 is 13.7 Å². The second-order valence-electron chi connectivity index (χ2n) is 8.49. The van der Waals surface area contributed by atoms with E-state index < -0.39 is 18.3 Å². The monoisotopic (exact) mass is 356 g/mol. The summed E-state index contributed by atoms with van der Waals surface area (Å²) in [6.07, 6.45) is 6.69. The van der Waals surface area contributed by atoms with Crippen LogP contribution in [0, 0.1) is 5.82 Å². The first-order valence-electron chi connectivity index (χ1n) is 9.47. The zero-order valence-electron chi connectivity index (χ0n) is 15.9. The molecule has 0 bridgehead atoms. The zero-order chi connectivity index (χ0) is 18.5. The quantitative estimate of drug-likeness (QED) is 0.840. The predicted molar refractivity (Wildman–Crippen MR) is 101 cm³/mol. The minimum atomic E-state index is -0.690. The van der Waals surface area contributed by atoms with E-state index in [1.54, 1.807) is 12.3 Å². The van der Waals surface area contributed by atoms with E-state index in [4.69, 9.17) is 9.31 Å². The molecule has 1 aliphatic carbocycles. The van der Waals surface area contributed by atoms with Crippen LogP contribution in [0.3, 0.4) is 0 Å². The van der Waals surface area contributed by atoms with Crippen LogP contribution in [0.25, 0.3) is 11.3 Å². The van der Waals surface area contributed by atoms with Crippen LogP contribution in [0.2, 0.25) is 0 Å². The standard InChI is InChI=1S/C20H26BFN2O2/c1-19(2)20(3,4)26-21(25-19)15-10-9-14(11-16(15)22)17-12-23-18(24-17)13-7-5-6-8-13/h9-13H,5-8H2,1-4H3,(H,23,24). The first-order valence-corrected chi connectivity index (χ1v) is 9.47. The summed E-state index contributed by atoms with van der Waals surface area (Å²) < 4.78 is 26.7. The normalized spacial score (nSPS) is 22.3. The third kappa shape index (κ3) is 2.99. The summed E-state index contributed by atoms with van der Waals surface area (Å²) in [6, 6.07) is 5.19. The maximum Gasteiger partial charge on any atom is 0.497 e. The number of hydrogen-bond acceptors (Lipinski definition) is 3. The highest BCUT2D eigenvalue weighted by molar-refractivity contribution is 6.62. The molecule has 1 saturated heterocycles. The van der Waals surface area contributed by atoms with E-state index in [9.17, 15) is 4.39 Å². The van der Waals surface area contributed by atoms with Crippen LogP contribution in [0.15, 0.2) is 24.4 Å². The zero-order valence-corrected chi connectivity index (χ0v) is 15.9. The molecule has 1 aromatic carbocycles. The van der Waals surface area contributed by atoms with Crippen LogP contribution in [0.5, 0.6) is 0 Å². The topological polar surface area (TPSA) is 47.1 Å². The molecule has 4 rings (SSSR count). The van der Waals surface area contributed by atoms with Crippen molar-refractivity contribution in [1.82, 2.24) is 9.97 Å². The summed E-state index contributed by atoms with van der Waals surface area (Å²) in [7, 11) is -0.690. The van der Waals surface area contributed by atoms with Crippen LogP contribution >= 0.6 is 0 Å². The molecular weight excluding hydrogens is 330 g/mol. The Morgan fingerprint density at radius 1 is 1.12 bits per heavy atom. The molecule has 1 aromatic heterocycles. The smallest absolute Gasteiger partial charge is 0.399 e. The Balaban J connectivity index is 1.57. The van der Waals surface area contributed by atoms with Gasteiger partial charge < -0.3 is 14.3 Å². The number of benzene rings is 1. The fourth-order valence-corrected chi connectivity index (χ4v) is 3.75. The molecule has 138 valence electrons. The molecule has 1 saturated carbocycles. The van der Waals surface area contributed by atoms with Crippen molar-refractivity contribution in [2.45, 2.75) is 70.5 Å². The van der Waals surface area contributed by atoms with Crippen molar-refractivity contribution in [3.8, 4) is 11.3 Å². The fraction of sp³-hybridized carbons (Fsp3) is 0.550. The molecule has 0 unspecified atom stereocenters. The summed E-state index contributed by atoms with van der Waals surface area (Å²) in [6.45, 7) is 7.87. The van der Waals surface area contributed by atoms with Gasteiger partial charge in [0.05, 0.1) is 23.1 Å². The second-order valence-corrected chi connectivity index (χ2v) is 8.49. The SMILES string of the molecule is CC1(C)OB(c2ccc(-c3cnc(C4CCCC4)[nH]3)cc2F)OC1(C)C. The summed E-state index contributed by atoms with van der Waals surface area (Å²) >= 11 is 0. The van der Waals surface area contributed by atoms with Crippen molar-refractivity contribution in [2.75, 3.05) is 0 Å². The molecule has 0 atom stereocenters. The second kappa shape index (κ2) is 6.20. The lowest BCUT2D eigenvalue weighted by Crippen LogP contribution is -2.41. The number of hydrogen-bond donors (Lipinski definition) is 1. The third-order valence-electron chi connectivity index (χ3n) is 6.16. The fourth-order valence-electron chi connectivity index (χ4n) is 3.75. The van der Waals surface area contributed by atoms with E-state index in [0.29, 0.717) is 11.4 Å². The summed E-state index contributed by atoms with van der Waals surface area (Å²) in [5.41, 5.74) is 1.11. The lowest BCUT2D eigenvalue weighted by atomic mass is 9.78. The number of halogens is 1. The largest absolute Gasteiger partial charge is 0.497 e. The summed E-state index contributed by atoms with van der Waals surface area (Å²) in [5.74, 6) is 1.21. The predicted octanol–water partition coefficient (Wildman–Crippen LogP) is 4.17. The van der Waals surface area contributed by atoms with Crippen LogP contribution < -0.4 is 5.46 Å². The molecule has 2 fully saturated rings. The minimum absolute atomic E-state index is 0.321. The van der Waals surface area contributed by atoms with Gasteiger partial charge in [0.15, 0.2) is 0 Å². The van der Waals surface area contributed by atoms with Gasteiger partial charge in [0, 0.05) is 16.9 Å². The molecule has 2 aromatic rings. The van der Waals surface area contributed by atoms with Crippen LogP contribution in [-0.2, 0) is 9.31 Å².